The number of halogens is 1. The quantitative estimate of drug-likeness (QED) is 0.699. The second-order valence-corrected chi connectivity index (χ2v) is 4.95. The highest BCUT2D eigenvalue weighted by atomic mass is 35.5. The third-order valence-corrected chi connectivity index (χ3v) is 3.27. The standard InChI is InChI=1S/C14H11ClN2O6/c15-13-8-4-2-1-3-7(8)12(22)11(16-13)14(23)17(5-9(18)19)6-10(20)21/h1-4,22H,5-6H2,(H,18,19)(H,20,21). The third-order valence-electron chi connectivity index (χ3n) is 2.98. The molecule has 0 radical (unpaired) electrons. The molecule has 9 heteroatoms. The number of nitrogens with zero attached hydrogens (tertiary/aromatic N) is 2. The van der Waals surface area contributed by atoms with Gasteiger partial charge in [-0.2, -0.15) is 0 Å². The molecule has 1 aromatic carbocycles. The monoisotopic (exact) mass is 338 g/mol. The van der Waals surface area contributed by atoms with E-state index < -0.39 is 42.4 Å². The Bertz CT molecular complexity index is 791. The van der Waals surface area contributed by atoms with Crippen LogP contribution >= 0.6 is 11.6 Å². The molecule has 0 aliphatic rings. The van der Waals surface area contributed by atoms with Gasteiger partial charge in [-0.1, -0.05) is 35.9 Å². The van der Waals surface area contributed by atoms with Crippen LogP contribution in [0.3, 0.4) is 0 Å². The topological polar surface area (TPSA) is 128 Å². The van der Waals surface area contributed by atoms with Crippen molar-refractivity contribution in [1.82, 2.24) is 9.88 Å². The van der Waals surface area contributed by atoms with E-state index in [0.29, 0.717) is 10.3 Å². The predicted octanol–water partition coefficient (Wildman–Crippen LogP) is 1.21. The van der Waals surface area contributed by atoms with Crippen LogP contribution in [0, 0.1) is 0 Å². The number of aromatic nitrogens is 1. The number of hydrogen-bond donors (Lipinski definition) is 3. The fourth-order valence-corrected chi connectivity index (χ4v) is 2.28. The summed E-state index contributed by atoms with van der Waals surface area (Å²) >= 11 is 5.97. The van der Waals surface area contributed by atoms with Gasteiger partial charge >= 0.3 is 11.9 Å². The molecule has 23 heavy (non-hydrogen) atoms. The minimum Gasteiger partial charge on any atom is -0.505 e. The Labute approximate surface area is 134 Å². The van der Waals surface area contributed by atoms with Gasteiger partial charge in [-0.15, -0.1) is 0 Å². The van der Waals surface area contributed by atoms with E-state index in [2.05, 4.69) is 4.98 Å². The van der Waals surface area contributed by atoms with Gasteiger partial charge in [0.05, 0.1) is 0 Å². The van der Waals surface area contributed by atoms with Crippen LogP contribution in [-0.2, 0) is 9.59 Å². The molecule has 0 spiro atoms. The maximum atomic E-state index is 12.4. The summed E-state index contributed by atoms with van der Waals surface area (Å²) in [5.74, 6) is -4.33. The number of carboxylic acid groups (broad SMARTS) is 2. The van der Waals surface area contributed by atoms with Crippen molar-refractivity contribution in [3.8, 4) is 5.75 Å². The zero-order valence-electron chi connectivity index (χ0n) is 11.6. The fourth-order valence-electron chi connectivity index (χ4n) is 2.03. The minimum absolute atomic E-state index is 0.0626. The summed E-state index contributed by atoms with van der Waals surface area (Å²) in [6.07, 6.45) is 0. The van der Waals surface area contributed by atoms with Crippen LogP contribution in [0.15, 0.2) is 24.3 Å². The summed E-state index contributed by atoms with van der Waals surface area (Å²) in [6.45, 7) is -1.70. The van der Waals surface area contributed by atoms with E-state index >= 15 is 0 Å². The second kappa shape index (κ2) is 6.49. The van der Waals surface area contributed by atoms with Gasteiger partial charge in [-0.25, -0.2) is 4.98 Å². The van der Waals surface area contributed by atoms with E-state index in [-0.39, 0.29) is 10.5 Å². The van der Waals surface area contributed by atoms with Crippen molar-refractivity contribution in [3.05, 3.63) is 35.1 Å². The lowest BCUT2D eigenvalue weighted by atomic mass is 10.1. The van der Waals surface area contributed by atoms with Crippen LogP contribution in [0.2, 0.25) is 5.15 Å². The van der Waals surface area contributed by atoms with Crippen molar-refractivity contribution in [2.75, 3.05) is 13.1 Å². The molecule has 2 rings (SSSR count). The molecule has 3 N–H and O–H groups in total. The number of aliphatic carboxylic acids is 2. The van der Waals surface area contributed by atoms with Crippen LogP contribution in [0.4, 0.5) is 0 Å². The highest BCUT2D eigenvalue weighted by Gasteiger charge is 2.26. The van der Waals surface area contributed by atoms with Gasteiger partial charge < -0.3 is 20.2 Å². The molecule has 8 nitrogen and oxygen atoms in total. The number of aromatic hydroxyl groups is 1. The van der Waals surface area contributed by atoms with Gasteiger partial charge in [0.2, 0.25) is 0 Å². The first-order chi connectivity index (χ1) is 10.8. The van der Waals surface area contributed by atoms with Gasteiger partial charge in [0.1, 0.15) is 18.2 Å². The molecule has 1 heterocycles. The second-order valence-electron chi connectivity index (χ2n) is 4.59. The van der Waals surface area contributed by atoms with Gasteiger partial charge in [-0.3, -0.25) is 14.4 Å². The molecule has 0 saturated carbocycles. The molecule has 120 valence electrons. The van der Waals surface area contributed by atoms with Crippen LogP contribution < -0.4 is 0 Å². The molecular weight excluding hydrogens is 328 g/mol. The van der Waals surface area contributed by atoms with E-state index in [1.165, 1.54) is 6.07 Å². The van der Waals surface area contributed by atoms with Gasteiger partial charge in [0.15, 0.2) is 11.4 Å². The van der Waals surface area contributed by atoms with Gasteiger partial charge in [-0.05, 0) is 0 Å². The highest BCUT2D eigenvalue weighted by molar-refractivity contribution is 6.34. The number of carbonyl (C=O) groups excluding carboxylic acids is 1. The van der Waals surface area contributed by atoms with E-state index in [4.69, 9.17) is 21.8 Å². The summed E-state index contributed by atoms with van der Waals surface area (Å²) in [5, 5.41) is 28.4. The zero-order valence-corrected chi connectivity index (χ0v) is 12.3. The number of fused-ring (bicyclic) bond motifs is 1. The first kappa shape index (κ1) is 16.5. The third kappa shape index (κ3) is 3.49. The Morgan fingerprint density at radius 2 is 1.57 bits per heavy atom. The Kier molecular flexibility index (Phi) is 4.65. The van der Waals surface area contributed by atoms with Crippen LogP contribution in [0.5, 0.6) is 5.75 Å². The average molecular weight is 339 g/mol. The maximum Gasteiger partial charge on any atom is 0.323 e. The largest absolute Gasteiger partial charge is 0.505 e. The van der Waals surface area contributed by atoms with Crippen molar-refractivity contribution in [1.29, 1.82) is 0 Å². The Balaban J connectivity index is 2.52. The molecule has 0 bridgehead atoms. The Hall–Kier alpha value is -2.87. The van der Waals surface area contributed by atoms with E-state index in [9.17, 15) is 19.5 Å². The normalized spacial score (nSPS) is 10.5. The smallest absolute Gasteiger partial charge is 0.323 e. The summed E-state index contributed by atoms with van der Waals surface area (Å²) in [5.41, 5.74) is -0.504. The van der Waals surface area contributed by atoms with Crippen LogP contribution in [0.25, 0.3) is 10.8 Å². The van der Waals surface area contributed by atoms with Crippen LogP contribution in [-0.4, -0.2) is 56.1 Å². The molecular formula is C14H11ClN2O6. The van der Waals surface area contributed by atoms with Crippen molar-refractivity contribution >= 4 is 40.2 Å². The van der Waals surface area contributed by atoms with Crippen molar-refractivity contribution < 1.29 is 29.7 Å². The number of amides is 1. The van der Waals surface area contributed by atoms with Gasteiger partial charge in [0, 0.05) is 10.8 Å². The predicted molar refractivity (Wildman–Crippen MR) is 79.6 cm³/mol. The first-order valence-corrected chi connectivity index (χ1v) is 6.69. The lowest BCUT2D eigenvalue weighted by Gasteiger charge is -2.19. The zero-order chi connectivity index (χ0) is 17.1. The molecule has 1 aromatic heterocycles. The molecule has 0 atom stereocenters. The summed E-state index contributed by atoms with van der Waals surface area (Å²) < 4.78 is 0. The molecule has 1 amide bonds. The molecule has 2 aromatic rings. The minimum atomic E-state index is -1.40. The summed E-state index contributed by atoms with van der Waals surface area (Å²) in [6, 6.07) is 6.37. The van der Waals surface area contributed by atoms with E-state index in [1.54, 1.807) is 18.2 Å². The van der Waals surface area contributed by atoms with Crippen LogP contribution in [0.1, 0.15) is 10.5 Å². The van der Waals surface area contributed by atoms with E-state index in [1.807, 2.05) is 0 Å². The van der Waals surface area contributed by atoms with Crippen molar-refractivity contribution in [2.45, 2.75) is 0 Å². The lowest BCUT2D eigenvalue weighted by molar-refractivity contribution is -0.140. The number of benzene rings is 1. The van der Waals surface area contributed by atoms with Crippen molar-refractivity contribution in [3.63, 3.8) is 0 Å². The van der Waals surface area contributed by atoms with Crippen molar-refractivity contribution in [2.24, 2.45) is 0 Å². The fraction of sp³-hybridized carbons (Fsp3) is 0.143. The SMILES string of the molecule is O=C(O)CN(CC(=O)O)C(=O)c1nc(Cl)c2ccccc2c1O. The Morgan fingerprint density at radius 3 is 2.09 bits per heavy atom. The average Bonchev–Trinajstić information content (AvgIpc) is 2.48. The number of hydrogen-bond acceptors (Lipinski definition) is 5. The number of rotatable bonds is 5. The highest BCUT2D eigenvalue weighted by Crippen LogP contribution is 2.32. The molecule has 0 aliphatic carbocycles. The molecule has 0 aliphatic heterocycles. The number of pyridine rings is 1. The maximum absolute atomic E-state index is 12.4. The molecule has 0 fully saturated rings. The van der Waals surface area contributed by atoms with E-state index in [0.717, 1.165) is 0 Å². The lowest BCUT2D eigenvalue weighted by Crippen LogP contribution is -2.39. The molecule has 0 saturated heterocycles. The Morgan fingerprint density at radius 1 is 1.04 bits per heavy atom. The summed E-state index contributed by atoms with van der Waals surface area (Å²) in [4.78, 5) is 38.3. The summed E-state index contributed by atoms with van der Waals surface area (Å²) in [7, 11) is 0. The number of carboxylic acids is 2. The first-order valence-electron chi connectivity index (χ1n) is 6.31. The van der Waals surface area contributed by atoms with Gasteiger partial charge in [0.25, 0.3) is 5.91 Å². The molecule has 0 unspecified atom stereocenters. The number of carbonyl (C=O) groups is 3.